The summed E-state index contributed by atoms with van der Waals surface area (Å²) in [5, 5.41) is -0.395. The molecule has 2 N–H and O–H groups in total. The fraction of sp³-hybridized carbons (Fsp3) is 0.750. The van der Waals surface area contributed by atoms with Crippen LogP contribution in [-0.2, 0) is 26.5 Å². The van der Waals surface area contributed by atoms with Gasteiger partial charge in [0.1, 0.15) is 0 Å². The predicted octanol–water partition coefficient (Wildman–Crippen LogP) is 4.04. The maximum Gasteiger partial charge on any atom is 0.213 e. The Kier molecular flexibility index (Phi) is 10.2. The van der Waals surface area contributed by atoms with Gasteiger partial charge in [0.15, 0.2) is 0 Å². The van der Waals surface area contributed by atoms with E-state index in [1.165, 1.54) is 5.56 Å². The van der Waals surface area contributed by atoms with Gasteiger partial charge in [0.25, 0.3) is 0 Å². The molecule has 1 fully saturated rings. The van der Waals surface area contributed by atoms with Gasteiger partial charge in [0.05, 0.1) is 11.0 Å². The molecule has 0 spiro atoms. The summed E-state index contributed by atoms with van der Waals surface area (Å²) in [6.07, 6.45) is 5.18. The lowest BCUT2D eigenvalue weighted by Gasteiger charge is -2.32. The van der Waals surface area contributed by atoms with Crippen molar-refractivity contribution in [3.05, 3.63) is 35.4 Å². The van der Waals surface area contributed by atoms with Gasteiger partial charge >= 0.3 is 0 Å². The van der Waals surface area contributed by atoms with E-state index < -0.39 is 25.3 Å². The van der Waals surface area contributed by atoms with E-state index in [4.69, 9.17) is 0 Å². The lowest BCUT2D eigenvalue weighted by atomic mass is 9.74. The molecular formula is C24H42N2O4S2. The van der Waals surface area contributed by atoms with Gasteiger partial charge in [-0.1, -0.05) is 45.0 Å². The number of hydrogen-bond acceptors (Lipinski definition) is 4. The SMILES string of the molecule is CC(C)CS(=O)(=O)NCCc1ccc(C2CCC(C(C)CNS(=O)(=O)C(C)C)CC2)cc1. The molecule has 8 heteroatoms. The first kappa shape index (κ1) is 27.3. The minimum atomic E-state index is -3.20. The van der Waals surface area contributed by atoms with E-state index in [2.05, 4.69) is 40.6 Å². The Hall–Kier alpha value is -0.960. The van der Waals surface area contributed by atoms with Crippen LogP contribution in [0.5, 0.6) is 0 Å². The van der Waals surface area contributed by atoms with Crippen LogP contribution in [0.4, 0.5) is 0 Å². The van der Waals surface area contributed by atoms with Gasteiger partial charge in [-0.2, -0.15) is 0 Å². The van der Waals surface area contributed by atoms with Crippen molar-refractivity contribution in [3.63, 3.8) is 0 Å². The van der Waals surface area contributed by atoms with Crippen LogP contribution in [-0.4, -0.2) is 40.9 Å². The molecule has 0 radical (unpaired) electrons. The van der Waals surface area contributed by atoms with Crippen molar-refractivity contribution < 1.29 is 16.8 Å². The second kappa shape index (κ2) is 12.0. The second-order valence-corrected chi connectivity index (χ2v) is 14.3. The maximum atomic E-state index is 12.0. The Morgan fingerprint density at radius 3 is 2.00 bits per heavy atom. The molecule has 184 valence electrons. The maximum absolute atomic E-state index is 12.0. The minimum Gasteiger partial charge on any atom is -0.215 e. The third-order valence-corrected chi connectivity index (χ3v) is 10.1. The highest BCUT2D eigenvalue weighted by Gasteiger charge is 2.27. The molecule has 0 heterocycles. The summed E-state index contributed by atoms with van der Waals surface area (Å²) in [6, 6.07) is 8.59. The summed E-state index contributed by atoms with van der Waals surface area (Å²) in [5.74, 6) is 1.72. The van der Waals surface area contributed by atoms with Gasteiger partial charge in [-0.05, 0) is 80.8 Å². The zero-order chi connectivity index (χ0) is 23.9. The monoisotopic (exact) mass is 486 g/mol. The van der Waals surface area contributed by atoms with E-state index in [0.717, 1.165) is 31.2 Å². The van der Waals surface area contributed by atoms with Crippen LogP contribution in [0, 0.1) is 17.8 Å². The largest absolute Gasteiger partial charge is 0.215 e. The standard InChI is InChI=1S/C24H42N2O4S2/c1-18(2)17-31(27,28)25-15-14-21-6-8-23(9-7-21)24-12-10-22(11-13-24)20(5)16-26-32(29,30)19(3)4/h6-9,18-20,22,24-26H,10-17H2,1-5H3. The minimum absolute atomic E-state index is 0.120. The summed E-state index contributed by atoms with van der Waals surface area (Å²) >= 11 is 0. The van der Waals surface area contributed by atoms with Gasteiger partial charge in [0, 0.05) is 13.1 Å². The molecule has 0 saturated heterocycles. The number of hydrogen-bond donors (Lipinski definition) is 2. The van der Waals surface area contributed by atoms with Gasteiger partial charge in [-0.15, -0.1) is 0 Å². The summed E-state index contributed by atoms with van der Waals surface area (Å²) in [7, 11) is -6.39. The predicted molar refractivity (Wildman–Crippen MR) is 133 cm³/mol. The van der Waals surface area contributed by atoms with Gasteiger partial charge in [-0.3, -0.25) is 0 Å². The van der Waals surface area contributed by atoms with E-state index in [1.807, 2.05) is 13.8 Å². The van der Waals surface area contributed by atoms with E-state index in [9.17, 15) is 16.8 Å². The van der Waals surface area contributed by atoms with E-state index in [0.29, 0.717) is 37.3 Å². The van der Waals surface area contributed by atoms with Crippen molar-refractivity contribution >= 4 is 20.0 Å². The summed E-state index contributed by atoms with van der Waals surface area (Å²) in [6.45, 7) is 10.3. The highest BCUT2D eigenvalue weighted by molar-refractivity contribution is 7.90. The van der Waals surface area contributed by atoms with Crippen LogP contribution in [0.2, 0.25) is 0 Å². The quantitative estimate of drug-likeness (QED) is 0.466. The molecule has 1 aromatic carbocycles. The molecule has 0 aromatic heterocycles. The zero-order valence-corrected chi connectivity index (χ0v) is 21.9. The fourth-order valence-electron chi connectivity index (χ4n) is 4.41. The van der Waals surface area contributed by atoms with Crippen LogP contribution >= 0.6 is 0 Å². The van der Waals surface area contributed by atoms with Crippen molar-refractivity contribution in [2.45, 2.75) is 77.9 Å². The fourth-order valence-corrected chi connectivity index (χ4v) is 6.64. The van der Waals surface area contributed by atoms with Crippen molar-refractivity contribution in [1.29, 1.82) is 0 Å². The second-order valence-electron chi connectivity index (χ2n) is 10.1. The number of rotatable bonds is 12. The molecule has 2 rings (SSSR count). The molecule has 6 nitrogen and oxygen atoms in total. The van der Waals surface area contributed by atoms with Crippen LogP contribution in [0.25, 0.3) is 0 Å². The van der Waals surface area contributed by atoms with Crippen LogP contribution in [0.3, 0.4) is 0 Å². The summed E-state index contributed by atoms with van der Waals surface area (Å²) < 4.78 is 53.3. The Balaban J connectivity index is 1.78. The molecule has 1 aliphatic rings. The Morgan fingerprint density at radius 2 is 1.47 bits per heavy atom. The van der Waals surface area contributed by atoms with Crippen molar-refractivity contribution in [2.24, 2.45) is 17.8 Å². The zero-order valence-electron chi connectivity index (χ0n) is 20.3. The number of nitrogens with one attached hydrogen (secondary N) is 2. The van der Waals surface area contributed by atoms with Crippen LogP contribution in [0.15, 0.2) is 24.3 Å². The Labute approximate surface area is 196 Å². The van der Waals surface area contributed by atoms with Crippen LogP contribution in [0.1, 0.15) is 77.3 Å². The molecule has 0 amide bonds. The molecule has 32 heavy (non-hydrogen) atoms. The number of benzene rings is 1. The summed E-state index contributed by atoms with van der Waals surface area (Å²) in [5.41, 5.74) is 2.49. The third kappa shape index (κ3) is 8.76. The summed E-state index contributed by atoms with van der Waals surface area (Å²) in [4.78, 5) is 0. The normalized spacial score (nSPS) is 21.2. The van der Waals surface area contributed by atoms with Gasteiger partial charge in [0.2, 0.25) is 20.0 Å². The molecular weight excluding hydrogens is 444 g/mol. The highest BCUT2D eigenvalue weighted by atomic mass is 32.2. The van der Waals surface area contributed by atoms with E-state index >= 15 is 0 Å². The van der Waals surface area contributed by atoms with E-state index in [1.54, 1.807) is 13.8 Å². The average Bonchev–Trinajstić information content (AvgIpc) is 2.71. The highest BCUT2D eigenvalue weighted by Crippen LogP contribution is 2.38. The molecule has 1 atom stereocenters. The lowest BCUT2D eigenvalue weighted by Crippen LogP contribution is -2.36. The molecule has 1 unspecified atom stereocenters. The van der Waals surface area contributed by atoms with Gasteiger partial charge < -0.3 is 0 Å². The third-order valence-electron chi connectivity index (χ3n) is 6.54. The molecule has 0 aliphatic heterocycles. The smallest absolute Gasteiger partial charge is 0.213 e. The average molecular weight is 487 g/mol. The first-order chi connectivity index (χ1) is 14.9. The van der Waals surface area contributed by atoms with Gasteiger partial charge in [-0.25, -0.2) is 26.3 Å². The first-order valence-corrected chi connectivity index (χ1v) is 15.1. The lowest BCUT2D eigenvalue weighted by molar-refractivity contribution is 0.246. The Bertz CT molecular complexity index is 902. The molecule has 1 aliphatic carbocycles. The van der Waals surface area contributed by atoms with Crippen molar-refractivity contribution in [2.75, 3.05) is 18.8 Å². The molecule has 1 saturated carbocycles. The number of sulfonamides is 2. The molecule has 0 bridgehead atoms. The first-order valence-electron chi connectivity index (χ1n) is 11.9. The van der Waals surface area contributed by atoms with Crippen molar-refractivity contribution in [3.8, 4) is 0 Å². The van der Waals surface area contributed by atoms with Crippen LogP contribution < -0.4 is 9.44 Å². The van der Waals surface area contributed by atoms with E-state index in [-0.39, 0.29) is 11.7 Å². The Morgan fingerprint density at radius 1 is 0.875 bits per heavy atom. The van der Waals surface area contributed by atoms with Crippen molar-refractivity contribution in [1.82, 2.24) is 9.44 Å². The molecule has 1 aromatic rings. The topological polar surface area (TPSA) is 92.3 Å².